The van der Waals surface area contributed by atoms with E-state index in [4.69, 9.17) is 0 Å². The Morgan fingerprint density at radius 1 is 1.28 bits per heavy atom. The summed E-state index contributed by atoms with van der Waals surface area (Å²) in [6, 6.07) is 3.09. The van der Waals surface area contributed by atoms with Crippen LogP contribution in [-0.2, 0) is 16.4 Å². The van der Waals surface area contributed by atoms with Gasteiger partial charge in [-0.2, -0.15) is 0 Å². The number of phenolic OH excluding ortho intramolecular Hbond substituents is 1. The van der Waals surface area contributed by atoms with E-state index in [1.54, 1.807) is 6.07 Å². The van der Waals surface area contributed by atoms with Gasteiger partial charge < -0.3 is 10.4 Å². The number of anilines is 1. The van der Waals surface area contributed by atoms with Gasteiger partial charge in [-0.1, -0.05) is 0 Å². The van der Waals surface area contributed by atoms with Crippen LogP contribution in [0, 0.1) is 0 Å². The Morgan fingerprint density at radius 3 is 2.67 bits per heavy atom. The van der Waals surface area contributed by atoms with Crippen LogP contribution in [0.2, 0.25) is 0 Å². The lowest BCUT2D eigenvalue weighted by atomic mass is 10.1. The Hall–Kier alpha value is -1.27. The van der Waals surface area contributed by atoms with E-state index in [0.717, 1.165) is 41.4 Å². The molecule has 0 saturated heterocycles. The largest absolute Gasteiger partial charge is 0.507 e. The normalized spacial score (nSPS) is 15.9. The molecule has 0 radical (unpaired) electrons. The highest BCUT2D eigenvalue weighted by Gasteiger charge is 2.23. The van der Waals surface area contributed by atoms with E-state index in [1.807, 2.05) is 0 Å². The first-order valence-corrected chi connectivity index (χ1v) is 7.39. The fourth-order valence-corrected chi connectivity index (χ4v) is 3.03. The molecule has 6 heteroatoms. The number of hydrogen-bond donors (Lipinski definition) is 2. The van der Waals surface area contributed by atoms with Crippen molar-refractivity contribution in [1.29, 1.82) is 0 Å². The number of benzene rings is 1. The molecule has 2 rings (SSSR count). The van der Waals surface area contributed by atoms with E-state index in [0.29, 0.717) is 0 Å². The number of phenols is 1. The standard InChI is InChI=1S/C12H18N2O3S/c1-14(2)18(16,17)12-8-10-9(7-11(12)15)5-3-4-6-13-10/h7-8,13,15H,3-6H2,1-2H3. The monoisotopic (exact) mass is 270 g/mol. The molecule has 0 bridgehead atoms. The SMILES string of the molecule is CN(C)S(=O)(=O)c1cc2c(cc1O)CCCCN2. The van der Waals surface area contributed by atoms with Gasteiger partial charge in [0.2, 0.25) is 10.0 Å². The summed E-state index contributed by atoms with van der Waals surface area (Å²) in [4.78, 5) is -0.0411. The summed E-state index contributed by atoms with van der Waals surface area (Å²) in [5.41, 5.74) is 1.79. The molecule has 100 valence electrons. The van der Waals surface area contributed by atoms with Gasteiger partial charge in [0.15, 0.2) is 0 Å². The van der Waals surface area contributed by atoms with Gasteiger partial charge in [-0.3, -0.25) is 0 Å². The zero-order valence-electron chi connectivity index (χ0n) is 10.6. The van der Waals surface area contributed by atoms with Crippen LogP contribution in [0.1, 0.15) is 18.4 Å². The average Bonchev–Trinajstić information content (AvgIpc) is 2.52. The minimum atomic E-state index is -3.61. The van der Waals surface area contributed by atoms with Gasteiger partial charge >= 0.3 is 0 Å². The third-order valence-corrected chi connectivity index (χ3v) is 4.98. The molecule has 0 fully saturated rings. The molecular formula is C12H18N2O3S. The van der Waals surface area contributed by atoms with Crippen LogP contribution in [0.4, 0.5) is 5.69 Å². The highest BCUT2D eigenvalue weighted by atomic mass is 32.2. The maximum atomic E-state index is 12.1. The van der Waals surface area contributed by atoms with Gasteiger partial charge in [-0.15, -0.1) is 0 Å². The molecule has 1 aromatic rings. The molecule has 18 heavy (non-hydrogen) atoms. The van der Waals surface area contributed by atoms with Crippen LogP contribution in [-0.4, -0.2) is 38.5 Å². The highest BCUT2D eigenvalue weighted by molar-refractivity contribution is 7.89. The van der Waals surface area contributed by atoms with Crippen molar-refractivity contribution in [1.82, 2.24) is 4.31 Å². The number of nitrogens with zero attached hydrogens (tertiary/aromatic N) is 1. The first kappa shape index (κ1) is 13.2. The number of rotatable bonds is 2. The molecule has 0 aromatic heterocycles. The van der Waals surface area contributed by atoms with Crippen LogP contribution in [0.3, 0.4) is 0 Å². The predicted molar refractivity (Wildman–Crippen MR) is 70.4 cm³/mol. The van der Waals surface area contributed by atoms with E-state index < -0.39 is 10.0 Å². The van der Waals surface area contributed by atoms with Crippen molar-refractivity contribution in [3.8, 4) is 5.75 Å². The van der Waals surface area contributed by atoms with E-state index in [-0.39, 0.29) is 10.6 Å². The zero-order valence-corrected chi connectivity index (χ0v) is 11.4. The Kier molecular flexibility index (Phi) is 3.49. The number of hydrogen-bond acceptors (Lipinski definition) is 4. The summed E-state index contributed by atoms with van der Waals surface area (Å²) in [5, 5.41) is 13.1. The van der Waals surface area contributed by atoms with E-state index in [9.17, 15) is 13.5 Å². The highest BCUT2D eigenvalue weighted by Crippen LogP contribution is 2.33. The van der Waals surface area contributed by atoms with Crippen LogP contribution in [0.5, 0.6) is 5.75 Å². The zero-order chi connectivity index (χ0) is 13.3. The van der Waals surface area contributed by atoms with Crippen LogP contribution in [0.15, 0.2) is 17.0 Å². The Labute approximate surface area is 107 Å². The third-order valence-electron chi connectivity index (χ3n) is 3.13. The van der Waals surface area contributed by atoms with Crippen molar-refractivity contribution >= 4 is 15.7 Å². The molecule has 1 aliphatic rings. The van der Waals surface area contributed by atoms with Crippen molar-refractivity contribution in [3.63, 3.8) is 0 Å². The summed E-state index contributed by atoms with van der Waals surface area (Å²) >= 11 is 0. The Balaban J connectivity index is 2.54. The van der Waals surface area contributed by atoms with Gasteiger partial charge in [-0.05, 0) is 37.0 Å². The summed E-state index contributed by atoms with van der Waals surface area (Å²) in [6.45, 7) is 0.833. The Bertz CT molecular complexity index is 553. The third kappa shape index (κ3) is 2.30. The van der Waals surface area contributed by atoms with E-state index in [2.05, 4.69) is 5.32 Å². The van der Waals surface area contributed by atoms with Crippen molar-refractivity contribution in [3.05, 3.63) is 17.7 Å². The molecule has 0 aliphatic carbocycles. The lowest BCUT2D eigenvalue weighted by Crippen LogP contribution is -2.22. The molecule has 0 amide bonds. The molecule has 1 heterocycles. The van der Waals surface area contributed by atoms with Crippen LogP contribution < -0.4 is 5.32 Å². The van der Waals surface area contributed by atoms with Gasteiger partial charge in [0.25, 0.3) is 0 Å². The van der Waals surface area contributed by atoms with Crippen molar-refractivity contribution < 1.29 is 13.5 Å². The fourth-order valence-electron chi connectivity index (χ4n) is 2.05. The topological polar surface area (TPSA) is 69.6 Å². The molecule has 0 atom stereocenters. The van der Waals surface area contributed by atoms with Crippen LogP contribution >= 0.6 is 0 Å². The van der Waals surface area contributed by atoms with Gasteiger partial charge in [0.1, 0.15) is 10.6 Å². The van der Waals surface area contributed by atoms with Crippen molar-refractivity contribution in [2.75, 3.05) is 26.0 Å². The van der Waals surface area contributed by atoms with Gasteiger partial charge in [-0.25, -0.2) is 12.7 Å². The summed E-state index contributed by atoms with van der Waals surface area (Å²) in [5.74, 6) is -0.175. The number of aryl methyl sites for hydroxylation is 1. The summed E-state index contributed by atoms with van der Waals surface area (Å²) < 4.78 is 25.2. The van der Waals surface area contributed by atoms with Gasteiger partial charge in [0, 0.05) is 26.3 Å². The second kappa shape index (κ2) is 4.78. The van der Waals surface area contributed by atoms with Crippen molar-refractivity contribution in [2.24, 2.45) is 0 Å². The second-order valence-electron chi connectivity index (χ2n) is 4.65. The maximum absolute atomic E-state index is 12.1. The molecule has 1 aromatic carbocycles. The first-order chi connectivity index (χ1) is 8.43. The lowest BCUT2D eigenvalue weighted by Gasteiger charge is -2.16. The summed E-state index contributed by atoms with van der Waals surface area (Å²) in [6.07, 6.45) is 2.95. The summed E-state index contributed by atoms with van der Waals surface area (Å²) in [7, 11) is -0.705. The quantitative estimate of drug-likeness (QED) is 0.797. The van der Waals surface area contributed by atoms with Crippen molar-refractivity contribution in [2.45, 2.75) is 24.2 Å². The van der Waals surface area contributed by atoms with E-state index >= 15 is 0 Å². The van der Waals surface area contributed by atoms with E-state index in [1.165, 1.54) is 20.2 Å². The number of nitrogens with one attached hydrogen (secondary N) is 1. The molecule has 0 spiro atoms. The average molecular weight is 270 g/mol. The number of fused-ring (bicyclic) bond motifs is 1. The molecular weight excluding hydrogens is 252 g/mol. The fraction of sp³-hybridized carbons (Fsp3) is 0.500. The molecule has 0 unspecified atom stereocenters. The number of sulfonamides is 1. The molecule has 2 N–H and O–H groups in total. The van der Waals surface area contributed by atoms with Crippen LogP contribution in [0.25, 0.3) is 0 Å². The molecule has 5 nitrogen and oxygen atoms in total. The minimum Gasteiger partial charge on any atom is -0.507 e. The molecule has 0 saturated carbocycles. The maximum Gasteiger partial charge on any atom is 0.246 e. The molecule has 1 aliphatic heterocycles. The van der Waals surface area contributed by atoms with Gasteiger partial charge in [0.05, 0.1) is 0 Å². The minimum absolute atomic E-state index is 0.0411. The smallest absolute Gasteiger partial charge is 0.246 e. The Morgan fingerprint density at radius 2 is 2.00 bits per heavy atom. The number of aromatic hydroxyl groups is 1. The first-order valence-electron chi connectivity index (χ1n) is 5.95. The lowest BCUT2D eigenvalue weighted by molar-refractivity contribution is 0.452. The second-order valence-corrected chi connectivity index (χ2v) is 6.77. The predicted octanol–water partition coefficient (Wildman–Crippen LogP) is 1.39.